The van der Waals surface area contributed by atoms with Crippen LogP contribution in [0.15, 0.2) is 70.2 Å². The van der Waals surface area contributed by atoms with Crippen LogP contribution in [-0.4, -0.2) is 58.7 Å². The molecule has 10 heteroatoms. The van der Waals surface area contributed by atoms with Crippen molar-refractivity contribution in [2.24, 2.45) is 5.16 Å². The van der Waals surface area contributed by atoms with Gasteiger partial charge in [-0.15, -0.1) is 0 Å². The lowest BCUT2D eigenvalue weighted by molar-refractivity contribution is -0.112. The molecule has 0 atom stereocenters. The summed E-state index contributed by atoms with van der Waals surface area (Å²) in [5, 5.41) is 4.52. The van der Waals surface area contributed by atoms with Gasteiger partial charge in [0.1, 0.15) is 41.3 Å². The first-order valence-corrected chi connectivity index (χ1v) is 13.1. The minimum atomic E-state index is -0.481. The second kappa shape index (κ2) is 12.0. The van der Waals surface area contributed by atoms with Crippen LogP contribution in [0.2, 0.25) is 0 Å². The van der Waals surface area contributed by atoms with Gasteiger partial charge in [0.25, 0.3) is 5.91 Å². The molecule has 0 N–H and O–H groups in total. The van der Waals surface area contributed by atoms with Crippen LogP contribution in [0.4, 0.5) is 5.69 Å². The Balaban J connectivity index is 1.33. The number of hydrogen-bond acceptors (Lipinski definition) is 9. The van der Waals surface area contributed by atoms with Crippen molar-refractivity contribution in [2.45, 2.75) is 13.3 Å². The van der Waals surface area contributed by atoms with E-state index in [9.17, 15) is 9.59 Å². The van der Waals surface area contributed by atoms with Gasteiger partial charge in [-0.2, -0.15) is 0 Å². The lowest BCUT2D eigenvalue weighted by atomic mass is 10.1. The van der Waals surface area contributed by atoms with E-state index in [0.29, 0.717) is 64.7 Å². The van der Waals surface area contributed by atoms with Crippen LogP contribution >= 0.6 is 0 Å². The first-order valence-electron chi connectivity index (χ1n) is 13.1. The van der Waals surface area contributed by atoms with Crippen molar-refractivity contribution in [3.63, 3.8) is 0 Å². The molecule has 3 aromatic carbocycles. The van der Waals surface area contributed by atoms with Crippen molar-refractivity contribution < 1.29 is 37.8 Å². The molecule has 0 bridgehead atoms. The van der Waals surface area contributed by atoms with Crippen molar-refractivity contribution >= 4 is 34.2 Å². The molecule has 212 valence electrons. The Kier molecular flexibility index (Phi) is 8.09. The summed E-state index contributed by atoms with van der Waals surface area (Å²) in [4.78, 5) is 32.6. The first-order chi connectivity index (χ1) is 20.0. The molecule has 2 heterocycles. The summed E-state index contributed by atoms with van der Waals surface area (Å²) in [5.41, 5.74) is 3.20. The van der Waals surface area contributed by atoms with Crippen molar-refractivity contribution in [3.05, 3.63) is 71.8 Å². The molecule has 1 aliphatic rings. The Labute approximate surface area is 237 Å². The van der Waals surface area contributed by atoms with Gasteiger partial charge in [0, 0.05) is 23.1 Å². The minimum absolute atomic E-state index is 0.228. The molecule has 0 saturated carbocycles. The molecule has 1 aromatic heterocycles. The highest BCUT2D eigenvalue weighted by molar-refractivity contribution is 6.54. The highest BCUT2D eigenvalue weighted by Gasteiger charge is 2.35. The average molecular weight is 559 g/mol. The van der Waals surface area contributed by atoms with Gasteiger partial charge in [0.15, 0.2) is 5.71 Å². The molecule has 0 spiro atoms. The third kappa shape index (κ3) is 5.41. The quantitative estimate of drug-likeness (QED) is 0.136. The summed E-state index contributed by atoms with van der Waals surface area (Å²) < 4.78 is 28.0. The summed E-state index contributed by atoms with van der Waals surface area (Å²) in [6, 6.07) is 18.0. The largest absolute Gasteiger partial charge is 0.497 e. The second-order valence-electron chi connectivity index (χ2n) is 9.08. The third-order valence-corrected chi connectivity index (χ3v) is 6.67. The summed E-state index contributed by atoms with van der Waals surface area (Å²) in [6.45, 7) is 2.72. The van der Waals surface area contributed by atoms with Crippen LogP contribution < -0.4 is 19.1 Å². The molecule has 4 aromatic rings. The fourth-order valence-electron chi connectivity index (χ4n) is 4.75. The normalized spacial score (nSPS) is 13.4. The molecular formula is C31H30N2O8. The Hall–Kier alpha value is -4.99. The maximum Gasteiger partial charge on any atom is 0.342 e. The second-order valence-corrected chi connectivity index (χ2v) is 9.08. The fraction of sp³-hybridized carbons (Fsp3) is 0.258. The van der Waals surface area contributed by atoms with Gasteiger partial charge in [0.05, 0.1) is 33.1 Å². The molecule has 10 nitrogen and oxygen atoms in total. The number of carbonyl (C=O) groups is 2. The van der Waals surface area contributed by atoms with Gasteiger partial charge in [-0.05, 0) is 74.0 Å². The molecule has 0 fully saturated rings. The minimum Gasteiger partial charge on any atom is -0.497 e. The van der Waals surface area contributed by atoms with Crippen molar-refractivity contribution in [1.29, 1.82) is 0 Å². The number of ether oxygens (including phenoxy) is 4. The van der Waals surface area contributed by atoms with Crippen LogP contribution in [0.25, 0.3) is 22.3 Å². The summed E-state index contributed by atoms with van der Waals surface area (Å²) in [5.74, 6) is 1.56. The molecule has 0 unspecified atom stereocenters. The van der Waals surface area contributed by atoms with Crippen molar-refractivity contribution in [3.8, 4) is 28.6 Å². The number of oxime groups is 1. The topological polar surface area (TPSA) is 109 Å². The molecule has 5 rings (SSSR count). The molecule has 1 aliphatic heterocycles. The first kappa shape index (κ1) is 27.6. The Morgan fingerprint density at radius 1 is 0.927 bits per heavy atom. The van der Waals surface area contributed by atoms with Gasteiger partial charge < -0.3 is 33.1 Å². The number of esters is 1. The number of fused-ring (bicyclic) bond motifs is 2. The van der Waals surface area contributed by atoms with Gasteiger partial charge in [-0.3, -0.25) is 4.79 Å². The van der Waals surface area contributed by atoms with E-state index in [-0.39, 0.29) is 18.2 Å². The van der Waals surface area contributed by atoms with E-state index in [4.69, 9.17) is 28.2 Å². The Morgan fingerprint density at radius 3 is 2.37 bits per heavy atom. The number of benzene rings is 3. The predicted molar refractivity (Wildman–Crippen MR) is 153 cm³/mol. The van der Waals surface area contributed by atoms with E-state index in [0.717, 1.165) is 11.3 Å². The van der Waals surface area contributed by atoms with Crippen molar-refractivity contribution in [2.75, 3.05) is 46.0 Å². The lowest BCUT2D eigenvalue weighted by Crippen LogP contribution is -2.31. The Morgan fingerprint density at radius 2 is 1.66 bits per heavy atom. The molecule has 0 aliphatic carbocycles. The molecule has 1 amide bonds. The van der Waals surface area contributed by atoms with E-state index in [2.05, 4.69) is 5.16 Å². The molecule has 0 saturated heterocycles. The number of hydrogen-bond donors (Lipinski definition) is 0. The highest BCUT2D eigenvalue weighted by Crippen LogP contribution is 2.37. The van der Waals surface area contributed by atoms with Crippen LogP contribution in [0, 0.1) is 0 Å². The number of carbonyl (C=O) groups excluding carboxylic acids is 2. The zero-order valence-electron chi connectivity index (χ0n) is 23.3. The molecule has 41 heavy (non-hydrogen) atoms. The summed E-state index contributed by atoms with van der Waals surface area (Å²) in [6.07, 6.45) is 0.544. The zero-order chi connectivity index (χ0) is 28.9. The third-order valence-electron chi connectivity index (χ3n) is 6.67. The van der Waals surface area contributed by atoms with Gasteiger partial charge >= 0.3 is 5.97 Å². The highest BCUT2D eigenvalue weighted by atomic mass is 16.6. The maximum atomic E-state index is 13.0. The number of nitrogens with zero attached hydrogens (tertiary/aromatic N) is 2. The number of rotatable bonds is 11. The summed E-state index contributed by atoms with van der Waals surface area (Å²) >= 11 is 0. The number of anilines is 1. The summed E-state index contributed by atoms with van der Waals surface area (Å²) in [7, 11) is 4.56. The zero-order valence-corrected chi connectivity index (χ0v) is 23.3. The molecular weight excluding hydrogens is 528 g/mol. The van der Waals surface area contributed by atoms with Gasteiger partial charge in [-0.25, -0.2) is 4.79 Å². The monoisotopic (exact) mass is 558 g/mol. The van der Waals surface area contributed by atoms with Crippen LogP contribution in [-0.2, 0) is 14.4 Å². The van der Waals surface area contributed by atoms with Crippen LogP contribution in [0.5, 0.6) is 17.2 Å². The van der Waals surface area contributed by atoms with E-state index in [1.54, 1.807) is 68.5 Å². The van der Waals surface area contributed by atoms with E-state index in [1.807, 2.05) is 18.2 Å². The van der Waals surface area contributed by atoms with Crippen molar-refractivity contribution in [1.82, 2.24) is 0 Å². The lowest BCUT2D eigenvalue weighted by Gasteiger charge is -2.17. The predicted octanol–water partition coefficient (Wildman–Crippen LogP) is 5.46. The van der Waals surface area contributed by atoms with E-state index < -0.39 is 5.97 Å². The SMILES string of the molecule is CCOC(=O)c1c(-c2ccc(OC)cc2)oc2ccc(OCCCN3C(=O)/C(=N/OC)c4cc(OC)ccc43)cc12. The van der Waals surface area contributed by atoms with Gasteiger partial charge in [0.2, 0.25) is 0 Å². The fourth-order valence-corrected chi connectivity index (χ4v) is 4.75. The maximum absolute atomic E-state index is 13.0. The Bertz CT molecular complexity index is 1610. The number of amides is 1. The van der Waals surface area contributed by atoms with Crippen LogP contribution in [0.1, 0.15) is 29.3 Å². The van der Waals surface area contributed by atoms with E-state index >= 15 is 0 Å². The number of furan rings is 1. The molecule has 0 radical (unpaired) electrons. The van der Waals surface area contributed by atoms with E-state index in [1.165, 1.54) is 7.11 Å². The number of methoxy groups -OCH3 is 2. The van der Waals surface area contributed by atoms with Crippen LogP contribution in [0.3, 0.4) is 0 Å². The smallest absolute Gasteiger partial charge is 0.342 e. The average Bonchev–Trinajstić information content (AvgIpc) is 3.50. The standard InChI is InChI=1S/C31H30N2O8/c1-5-39-31(35)27-24-18-22(12-14-26(24)41-29(27)19-7-9-20(36-2)10-8-19)40-16-6-15-33-25-13-11-21(37-3)17-23(25)28(30(33)34)32-38-4/h7-14,17-18H,5-6,15-16H2,1-4H3/b32-28+. The van der Waals surface area contributed by atoms with Gasteiger partial charge in [-0.1, -0.05) is 5.16 Å².